The van der Waals surface area contributed by atoms with Crippen LogP contribution in [0.4, 0.5) is 4.39 Å². The molecule has 0 aliphatic carbocycles. The maximum Gasteiger partial charge on any atom is 0.149 e. The van der Waals surface area contributed by atoms with Gasteiger partial charge in [-0.2, -0.15) is 0 Å². The molecule has 1 saturated heterocycles. The van der Waals surface area contributed by atoms with E-state index in [-0.39, 0.29) is 0 Å². The van der Waals surface area contributed by atoms with Gasteiger partial charge in [0.15, 0.2) is 0 Å². The number of thiophene rings is 1. The molecule has 72 valence electrons. The lowest BCUT2D eigenvalue weighted by atomic mass is 9.89. The van der Waals surface area contributed by atoms with Crippen molar-refractivity contribution in [2.24, 2.45) is 0 Å². The lowest BCUT2D eigenvalue weighted by molar-refractivity contribution is 0.122. The smallest absolute Gasteiger partial charge is 0.149 e. The summed E-state index contributed by atoms with van der Waals surface area (Å²) in [6, 6.07) is 1.92. The zero-order valence-corrected chi connectivity index (χ0v) is 8.59. The minimum absolute atomic E-state index is 0.477. The Labute approximate surface area is 82.0 Å². The third kappa shape index (κ3) is 1.63. The molecule has 1 unspecified atom stereocenters. The van der Waals surface area contributed by atoms with Crippen LogP contribution in [0.3, 0.4) is 0 Å². The third-order valence-electron chi connectivity index (χ3n) is 2.67. The molecule has 1 aromatic rings. The number of aryl methyl sites for hydroxylation is 1. The van der Waals surface area contributed by atoms with Gasteiger partial charge in [0.25, 0.3) is 0 Å². The van der Waals surface area contributed by atoms with Gasteiger partial charge in [0, 0.05) is 17.0 Å². The number of hydrogen-bond donors (Lipinski definition) is 1. The molecule has 0 aromatic carbocycles. The lowest BCUT2D eigenvalue weighted by Crippen LogP contribution is -2.40. The molecule has 3 heteroatoms. The molecular weight excluding hydrogens is 185 g/mol. The van der Waals surface area contributed by atoms with E-state index in [1.54, 1.807) is 11.3 Å². The SMILES string of the molecule is Cc1sccc1C1(F)CCCNC1. The van der Waals surface area contributed by atoms with E-state index in [1.807, 2.05) is 18.4 Å². The molecule has 1 atom stereocenters. The largest absolute Gasteiger partial charge is 0.313 e. The standard InChI is InChI=1S/C10H14FNS/c1-8-9(3-6-13-8)10(11)4-2-5-12-7-10/h3,6,12H,2,4-5,7H2,1H3. The highest BCUT2D eigenvalue weighted by Gasteiger charge is 2.35. The number of rotatable bonds is 1. The molecule has 13 heavy (non-hydrogen) atoms. The molecular formula is C10H14FNS. The van der Waals surface area contributed by atoms with Crippen LogP contribution in [-0.4, -0.2) is 13.1 Å². The number of nitrogens with one attached hydrogen (secondary N) is 1. The van der Waals surface area contributed by atoms with E-state index in [1.165, 1.54) is 0 Å². The Hall–Kier alpha value is -0.410. The van der Waals surface area contributed by atoms with Gasteiger partial charge in [-0.3, -0.25) is 0 Å². The Kier molecular flexibility index (Phi) is 2.39. The van der Waals surface area contributed by atoms with Crippen molar-refractivity contribution >= 4 is 11.3 Å². The van der Waals surface area contributed by atoms with Gasteiger partial charge in [-0.1, -0.05) is 0 Å². The summed E-state index contributed by atoms with van der Waals surface area (Å²) in [5.41, 5.74) is -0.216. The normalized spacial score (nSPS) is 29.1. The fourth-order valence-electron chi connectivity index (χ4n) is 1.95. The van der Waals surface area contributed by atoms with Crippen LogP contribution in [0.2, 0.25) is 0 Å². The average molecular weight is 199 g/mol. The molecule has 1 nitrogen and oxygen atoms in total. The molecule has 0 bridgehead atoms. The van der Waals surface area contributed by atoms with E-state index in [9.17, 15) is 4.39 Å². The summed E-state index contributed by atoms with van der Waals surface area (Å²) in [5.74, 6) is 0. The molecule has 1 aromatic heterocycles. The maximum absolute atomic E-state index is 14.3. The molecule has 1 fully saturated rings. The Bertz CT molecular complexity index is 289. The summed E-state index contributed by atoms with van der Waals surface area (Å²) in [7, 11) is 0. The van der Waals surface area contributed by atoms with Crippen molar-refractivity contribution in [1.82, 2.24) is 5.32 Å². The predicted octanol–water partition coefficient (Wildman–Crippen LogP) is 2.60. The summed E-state index contributed by atoms with van der Waals surface area (Å²) in [6.07, 6.45) is 1.60. The van der Waals surface area contributed by atoms with Crippen LogP contribution in [0.25, 0.3) is 0 Å². The van der Waals surface area contributed by atoms with Crippen molar-refractivity contribution in [3.63, 3.8) is 0 Å². The Morgan fingerprint density at radius 3 is 3.00 bits per heavy atom. The van der Waals surface area contributed by atoms with Crippen molar-refractivity contribution in [1.29, 1.82) is 0 Å². The van der Waals surface area contributed by atoms with Crippen molar-refractivity contribution in [3.8, 4) is 0 Å². The van der Waals surface area contributed by atoms with E-state index in [4.69, 9.17) is 0 Å². The fraction of sp³-hybridized carbons (Fsp3) is 0.600. The highest BCUT2D eigenvalue weighted by Crippen LogP contribution is 2.36. The molecule has 2 rings (SSSR count). The summed E-state index contributed by atoms with van der Waals surface area (Å²) in [6.45, 7) is 3.43. The first-order valence-corrected chi connectivity index (χ1v) is 5.54. The second kappa shape index (κ2) is 3.39. The Morgan fingerprint density at radius 2 is 2.46 bits per heavy atom. The van der Waals surface area contributed by atoms with Gasteiger partial charge in [-0.25, -0.2) is 4.39 Å². The first kappa shape index (κ1) is 9.16. The molecule has 2 heterocycles. The van der Waals surface area contributed by atoms with Crippen molar-refractivity contribution in [3.05, 3.63) is 21.9 Å². The zero-order chi connectivity index (χ0) is 9.31. The van der Waals surface area contributed by atoms with Crippen molar-refractivity contribution < 1.29 is 4.39 Å². The lowest BCUT2D eigenvalue weighted by Gasteiger charge is -2.30. The number of alkyl halides is 1. The van der Waals surface area contributed by atoms with E-state index in [0.717, 1.165) is 23.4 Å². The molecule has 0 saturated carbocycles. The van der Waals surface area contributed by atoms with Crippen LogP contribution in [0.5, 0.6) is 0 Å². The summed E-state index contributed by atoms with van der Waals surface area (Å²) in [5, 5.41) is 5.09. The van der Waals surface area contributed by atoms with E-state index >= 15 is 0 Å². The van der Waals surface area contributed by atoms with Crippen LogP contribution in [0, 0.1) is 6.92 Å². The van der Waals surface area contributed by atoms with Crippen LogP contribution in [-0.2, 0) is 5.67 Å². The first-order chi connectivity index (χ1) is 6.22. The second-order valence-corrected chi connectivity index (χ2v) is 4.76. The molecule has 1 aliphatic rings. The molecule has 0 spiro atoms. The summed E-state index contributed by atoms with van der Waals surface area (Å²) in [4.78, 5) is 1.12. The van der Waals surface area contributed by atoms with E-state index in [2.05, 4.69) is 5.32 Å². The van der Waals surface area contributed by atoms with Crippen LogP contribution in [0.15, 0.2) is 11.4 Å². The maximum atomic E-state index is 14.3. The summed E-state index contributed by atoms with van der Waals surface area (Å²) < 4.78 is 14.3. The molecule has 1 N–H and O–H groups in total. The van der Waals surface area contributed by atoms with E-state index in [0.29, 0.717) is 13.0 Å². The van der Waals surface area contributed by atoms with Gasteiger partial charge < -0.3 is 5.32 Å². The average Bonchev–Trinajstić information content (AvgIpc) is 2.53. The van der Waals surface area contributed by atoms with Crippen molar-refractivity contribution in [2.75, 3.05) is 13.1 Å². The quantitative estimate of drug-likeness (QED) is 0.733. The van der Waals surface area contributed by atoms with Gasteiger partial charge in [-0.05, 0) is 37.8 Å². The fourth-order valence-corrected chi connectivity index (χ4v) is 2.73. The number of piperidine rings is 1. The van der Waals surface area contributed by atoms with Crippen LogP contribution >= 0.6 is 11.3 Å². The zero-order valence-electron chi connectivity index (χ0n) is 7.77. The first-order valence-electron chi connectivity index (χ1n) is 4.67. The highest BCUT2D eigenvalue weighted by molar-refractivity contribution is 7.10. The third-order valence-corrected chi connectivity index (χ3v) is 3.52. The van der Waals surface area contributed by atoms with Gasteiger partial charge in [0.1, 0.15) is 5.67 Å². The molecule has 0 amide bonds. The van der Waals surface area contributed by atoms with Crippen LogP contribution < -0.4 is 5.32 Å². The van der Waals surface area contributed by atoms with Gasteiger partial charge in [-0.15, -0.1) is 11.3 Å². The Balaban J connectivity index is 2.27. The van der Waals surface area contributed by atoms with Gasteiger partial charge in [0.05, 0.1) is 0 Å². The number of hydrogen-bond acceptors (Lipinski definition) is 2. The van der Waals surface area contributed by atoms with Gasteiger partial charge >= 0.3 is 0 Å². The predicted molar refractivity (Wildman–Crippen MR) is 53.9 cm³/mol. The molecule has 1 aliphatic heterocycles. The Morgan fingerprint density at radius 1 is 1.62 bits per heavy atom. The monoisotopic (exact) mass is 199 g/mol. The summed E-state index contributed by atoms with van der Waals surface area (Å²) >= 11 is 1.63. The minimum Gasteiger partial charge on any atom is -0.313 e. The van der Waals surface area contributed by atoms with Gasteiger partial charge in [0.2, 0.25) is 0 Å². The topological polar surface area (TPSA) is 12.0 Å². The van der Waals surface area contributed by atoms with Crippen molar-refractivity contribution in [2.45, 2.75) is 25.4 Å². The molecule has 0 radical (unpaired) electrons. The van der Waals surface area contributed by atoms with E-state index < -0.39 is 5.67 Å². The highest BCUT2D eigenvalue weighted by atomic mass is 32.1. The van der Waals surface area contributed by atoms with Crippen LogP contribution in [0.1, 0.15) is 23.3 Å². The minimum atomic E-state index is -1.11. The number of halogens is 1. The second-order valence-electron chi connectivity index (χ2n) is 3.64.